The van der Waals surface area contributed by atoms with Crippen molar-refractivity contribution >= 4 is 9.84 Å². The van der Waals surface area contributed by atoms with E-state index in [1.165, 1.54) is 0 Å². The first-order chi connectivity index (χ1) is 7.16. The fourth-order valence-electron chi connectivity index (χ4n) is 1.09. The van der Waals surface area contributed by atoms with Gasteiger partial charge in [0.2, 0.25) is 0 Å². The van der Waals surface area contributed by atoms with E-state index >= 15 is 0 Å². The van der Waals surface area contributed by atoms with Crippen LogP contribution in [0.2, 0.25) is 0 Å². The predicted molar refractivity (Wildman–Crippen MR) is 57.0 cm³/mol. The van der Waals surface area contributed by atoms with Crippen LogP contribution in [0.3, 0.4) is 0 Å². The Morgan fingerprint density at radius 1 is 1.31 bits per heavy atom. The Morgan fingerprint density at radius 2 is 1.88 bits per heavy atom. The standard InChI is InChI=1S/C9H18F3NO2S/c1-3-16(14,15)5-4-8(2)6-13-7-9(10,11)12/h8,13H,3-7H2,1-2H3. The molecular weight excluding hydrogens is 243 g/mol. The van der Waals surface area contributed by atoms with Crippen LogP contribution >= 0.6 is 0 Å². The first kappa shape index (κ1) is 15.7. The molecule has 0 aliphatic carbocycles. The van der Waals surface area contributed by atoms with E-state index in [1.807, 2.05) is 0 Å². The summed E-state index contributed by atoms with van der Waals surface area (Å²) < 4.78 is 57.6. The molecule has 1 N–H and O–H groups in total. The maximum atomic E-state index is 11.8. The molecule has 0 aromatic carbocycles. The van der Waals surface area contributed by atoms with Gasteiger partial charge in [-0.15, -0.1) is 0 Å². The van der Waals surface area contributed by atoms with Crippen molar-refractivity contribution in [2.45, 2.75) is 26.4 Å². The van der Waals surface area contributed by atoms with Crippen LogP contribution in [-0.2, 0) is 9.84 Å². The molecule has 0 spiro atoms. The highest BCUT2D eigenvalue weighted by Crippen LogP contribution is 2.12. The highest BCUT2D eigenvalue weighted by Gasteiger charge is 2.26. The third-order valence-electron chi connectivity index (χ3n) is 2.18. The molecule has 7 heteroatoms. The van der Waals surface area contributed by atoms with Gasteiger partial charge in [-0.25, -0.2) is 8.42 Å². The van der Waals surface area contributed by atoms with E-state index in [2.05, 4.69) is 5.32 Å². The lowest BCUT2D eigenvalue weighted by Gasteiger charge is -2.13. The Balaban J connectivity index is 3.72. The van der Waals surface area contributed by atoms with Crippen LogP contribution < -0.4 is 5.32 Å². The summed E-state index contributed by atoms with van der Waals surface area (Å²) >= 11 is 0. The molecule has 1 unspecified atom stereocenters. The fraction of sp³-hybridized carbons (Fsp3) is 1.00. The highest BCUT2D eigenvalue weighted by atomic mass is 32.2. The van der Waals surface area contributed by atoms with Crippen LogP contribution in [0.5, 0.6) is 0 Å². The van der Waals surface area contributed by atoms with Crippen molar-refractivity contribution in [3.8, 4) is 0 Å². The maximum absolute atomic E-state index is 11.8. The second-order valence-corrected chi connectivity index (χ2v) is 6.35. The summed E-state index contributed by atoms with van der Waals surface area (Å²) in [4.78, 5) is 0. The van der Waals surface area contributed by atoms with Gasteiger partial charge in [0.25, 0.3) is 0 Å². The van der Waals surface area contributed by atoms with Crippen molar-refractivity contribution in [3.63, 3.8) is 0 Å². The van der Waals surface area contributed by atoms with Crippen molar-refractivity contribution < 1.29 is 21.6 Å². The lowest BCUT2D eigenvalue weighted by Crippen LogP contribution is -2.32. The Labute approximate surface area is 94.3 Å². The molecule has 98 valence electrons. The molecule has 0 amide bonds. The molecular formula is C9H18F3NO2S. The van der Waals surface area contributed by atoms with Crippen LogP contribution in [0.1, 0.15) is 20.3 Å². The van der Waals surface area contributed by atoms with Crippen molar-refractivity contribution in [1.29, 1.82) is 0 Å². The van der Waals surface area contributed by atoms with E-state index in [1.54, 1.807) is 13.8 Å². The van der Waals surface area contributed by atoms with Crippen LogP contribution in [0.25, 0.3) is 0 Å². The molecule has 0 fully saturated rings. The number of sulfone groups is 1. The van der Waals surface area contributed by atoms with Crippen molar-refractivity contribution in [1.82, 2.24) is 5.32 Å². The van der Waals surface area contributed by atoms with Gasteiger partial charge in [0.05, 0.1) is 12.3 Å². The van der Waals surface area contributed by atoms with E-state index in [9.17, 15) is 21.6 Å². The van der Waals surface area contributed by atoms with Crippen LogP contribution in [0.15, 0.2) is 0 Å². The summed E-state index contributed by atoms with van der Waals surface area (Å²) in [7, 11) is -3.02. The number of nitrogens with one attached hydrogen (secondary N) is 1. The van der Waals surface area contributed by atoms with Gasteiger partial charge in [-0.3, -0.25) is 0 Å². The minimum atomic E-state index is -4.21. The highest BCUT2D eigenvalue weighted by molar-refractivity contribution is 7.91. The normalized spacial score (nSPS) is 15.1. The quantitative estimate of drug-likeness (QED) is 0.757. The Morgan fingerprint density at radius 3 is 2.31 bits per heavy atom. The van der Waals surface area contributed by atoms with E-state index in [0.717, 1.165) is 0 Å². The molecule has 1 atom stereocenters. The molecule has 0 aromatic rings. The SMILES string of the molecule is CCS(=O)(=O)CCC(C)CNCC(F)(F)F. The van der Waals surface area contributed by atoms with E-state index in [-0.39, 0.29) is 24.0 Å². The maximum Gasteiger partial charge on any atom is 0.401 e. The summed E-state index contributed by atoms with van der Waals surface area (Å²) in [6, 6.07) is 0. The molecule has 0 aliphatic heterocycles. The molecule has 0 rings (SSSR count). The van der Waals surface area contributed by atoms with Crippen LogP contribution in [0.4, 0.5) is 13.2 Å². The number of rotatable bonds is 7. The number of hydrogen-bond acceptors (Lipinski definition) is 3. The third kappa shape index (κ3) is 8.96. The monoisotopic (exact) mass is 261 g/mol. The fourth-order valence-corrected chi connectivity index (χ4v) is 2.14. The molecule has 0 saturated heterocycles. The van der Waals surface area contributed by atoms with Crippen molar-refractivity contribution in [3.05, 3.63) is 0 Å². The molecule has 0 aromatic heterocycles. The topological polar surface area (TPSA) is 46.2 Å². The summed E-state index contributed by atoms with van der Waals surface area (Å²) in [5.41, 5.74) is 0. The summed E-state index contributed by atoms with van der Waals surface area (Å²) in [5, 5.41) is 2.26. The molecule has 0 heterocycles. The third-order valence-corrected chi connectivity index (χ3v) is 3.92. The van der Waals surface area contributed by atoms with Crippen molar-refractivity contribution in [2.24, 2.45) is 5.92 Å². The first-order valence-corrected chi connectivity index (χ1v) is 6.96. The van der Waals surface area contributed by atoms with Gasteiger partial charge in [0.1, 0.15) is 9.84 Å². The van der Waals surface area contributed by atoms with Crippen LogP contribution in [0, 0.1) is 5.92 Å². The van der Waals surface area contributed by atoms with Gasteiger partial charge >= 0.3 is 6.18 Å². The lowest BCUT2D eigenvalue weighted by atomic mass is 10.1. The molecule has 0 aliphatic rings. The smallest absolute Gasteiger partial charge is 0.308 e. The lowest BCUT2D eigenvalue weighted by molar-refractivity contribution is -0.125. The summed E-state index contributed by atoms with van der Waals surface area (Å²) in [5.74, 6) is 0.0392. The van der Waals surface area contributed by atoms with Gasteiger partial charge in [0.15, 0.2) is 0 Å². The van der Waals surface area contributed by atoms with Gasteiger partial charge < -0.3 is 5.32 Å². The zero-order chi connectivity index (χ0) is 12.8. The van der Waals surface area contributed by atoms with Gasteiger partial charge in [-0.1, -0.05) is 13.8 Å². The molecule has 16 heavy (non-hydrogen) atoms. The summed E-state index contributed by atoms with van der Waals surface area (Å²) in [6.45, 7) is 2.44. The Hall–Kier alpha value is -0.300. The second kappa shape index (κ2) is 6.44. The van der Waals surface area contributed by atoms with E-state index in [0.29, 0.717) is 6.42 Å². The zero-order valence-corrected chi connectivity index (χ0v) is 10.3. The molecule has 3 nitrogen and oxygen atoms in total. The summed E-state index contributed by atoms with van der Waals surface area (Å²) in [6.07, 6.45) is -3.82. The van der Waals surface area contributed by atoms with Gasteiger partial charge in [0, 0.05) is 5.75 Å². The predicted octanol–water partition coefficient (Wildman–Crippen LogP) is 1.60. The number of halogens is 3. The van der Waals surface area contributed by atoms with Crippen LogP contribution in [-0.4, -0.2) is 39.2 Å². The van der Waals surface area contributed by atoms with Crippen molar-refractivity contribution in [2.75, 3.05) is 24.6 Å². The Kier molecular flexibility index (Phi) is 6.32. The number of alkyl halides is 3. The van der Waals surface area contributed by atoms with Gasteiger partial charge in [-0.2, -0.15) is 13.2 Å². The Bertz CT molecular complexity index is 288. The van der Waals surface area contributed by atoms with E-state index in [4.69, 9.17) is 0 Å². The molecule has 0 radical (unpaired) electrons. The van der Waals surface area contributed by atoms with E-state index < -0.39 is 22.6 Å². The minimum absolute atomic E-state index is 0.0400. The molecule has 0 saturated carbocycles. The first-order valence-electron chi connectivity index (χ1n) is 5.14. The average molecular weight is 261 g/mol. The van der Waals surface area contributed by atoms with Gasteiger partial charge in [-0.05, 0) is 18.9 Å². The average Bonchev–Trinajstić information content (AvgIpc) is 2.13. The zero-order valence-electron chi connectivity index (χ0n) is 9.47. The second-order valence-electron chi connectivity index (χ2n) is 3.88. The number of hydrogen-bond donors (Lipinski definition) is 1. The minimum Gasteiger partial charge on any atom is -0.308 e. The molecule has 0 bridgehead atoms. The largest absolute Gasteiger partial charge is 0.401 e.